The number of para-hydroxylation sites is 1. The van der Waals surface area contributed by atoms with E-state index in [0.29, 0.717) is 41.6 Å². The van der Waals surface area contributed by atoms with Crippen LogP contribution < -0.4 is 14.5 Å². The molecule has 240 valence electrons. The number of hydrogen-bond donors (Lipinski definition) is 1. The Morgan fingerprint density at radius 1 is 1.11 bits per heavy atom. The van der Waals surface area contributed by atoms with E-state index in [1.54, 1.807) is 40.2 Å². The van der Waals surface area contributed by atoms with Crippen molar-refractivity contribution in [2.75, 3.05) is 42.6 Å². The molecule has 3 amide bonds. The van der Waals surface area contributed by atoms with Crippen molar-refractivity contribution in [3.8, 4) is 5.75 Å². The molecule has 3 aliphatic heterocycles. The van der Waals surface area contributed by atoms with E-state index in [1.165, 1.54) is 4.90 Å². The molecule has 3 saturated heterocycles. The van der Waals surface area contributed by atoms with E-state index >= 15 is 0 Å². The minimum absolute atomic E-state index is 0.143. The number of hydrogen-bond acceptors (Lipinski definition) is 6. The maximum Gasteiger partial charge on any atom is 0.253 e. The van der Waals surface area contributed by atoms with Crippen LogP contribution in [0.3, 0.4) is 0 Å². The number of fused-ring (bicyclic) bond motifs is 1. The van der Waals surface area contributed by atoms with Gasteiger partial charge in [0.25, 0.3) is 5.91 Å². The third-order valence-electron chi connectivity index (χ3n) is 9.41. The number of carbonyl (C=O) groups is 3. The highest BCUT2D eigenvalue weighted by Crippen LogP contribution is 2.63. The van der Waals surface area contributed by atoms with Crippen LogP contribution in [-0.2, 0) is 19.1 Å². The molecule has 45 heavy (non-hydrogen) atoms. The van der Waals surface area contributed by atoms with Crippen LogP contribution in [0.5, 0.6) is 5.75 Å². The highest BCUT2D eigenvalue weighted by atomic mass is 35.5. The van der Waals surface area contributed by atoms with Gasteiger partial charge in [0.1, 0.15) is 17.4 Å². The molecule has 10 heteroatoms. The van der Waals surface area contributed by atoms with Crippen LogP contribution >= 0.6 is 11.6 Å². The lowest BCUT2D eigenvalue weighted by Gasteiger charge is -2.37. The Morgan fingerprint density at radius 2 is 1.80 bits per heavy atom. The summed E-state index contributed by atoms with van der Waals surface area (Å²) in [6, 6.07) is 11.6. The van der Waals surface area contributed by atoms with Gasteiger partial charge in [-0.05, 0) is 75.9 Å². The van der Waals surface area contributed by atoms with Gasteiger partial charge in [-0.3, -0.25) is 14.4 Å². The van der Waals surface area contributed by atoms with E-state index < -0.39 is 29.1 Å². The third kappa shape index (κ3) is 5.45. The molecule has 1 N–H and O–H groups in total. The smallest absolute Gasteiger partial charge is 0.253 e. The minimum Gasteiger partial charge on any atom is -0.494 e. The van der Waals surface area contributed by atoms with Gasteiger partial charge >= 0.3 is 0 Å². The number of anilines is 2. The largest absolute Gasteiger partial charge is 0.494 e. The van der Waals surface area contributed by atoms with Crippen molar-refractivity contribution in [1.82, 2.24) is 4.90 Å². The first-order valence-electron chi connectivity index (χ1n) is 15.5. The predicted octanol–water partition coefficient (Wildman–Crippen LogP) is 4.93. The fourth-order valence-electron chi connectivity index (χ4n) is 7.60. The monoisotopic (exact) mass is 635 g/mol. The fourth-order valence-corrected chi connectivity index (χ4v) is 7.93. The summed E-state index contributed by atoms with van der Waals surface area (Å²) in [5, 5.41) is 10.1. The normalized spacial score (nSPS) is 26.5. The highest BCUT2D eigenvalue weighted by molar-refractivity contribution is 6.34. The molecule has 0 aromatic heterocycles. The summed E-state index contributed by atoms with van der Waals surface area (Å²) in [5.74, 6) is -1.97. The van der Waals surface area contributed by atoms with Crippen molar-refractivity contribution in [1.29, 1.82) is 0 Å². The average molecular weight is 636 g/mol. The molecule has 0 aliphatic carbocycles. The predicted molar refractivity (Wildman–Crippen MR) is 175 cm³/mol. The van der Waals surface area contributed by atoms with E-state index in [9.17, 15) is 19.5 Å². The molecule has 3 fully saturated rings. The topological polar surface area (TPSA) is 99.6 Å². The lowest BCUT2D eigenvalue weighted by Crippen LogP contribution is -2.57. The molecular formula is C35H42ClN3O6. The Kier molecular flexibility index (Phi) is 9.44. The van der Waals surface area contributed by atoms with Gasteiger partial charge in [0.15, 0.2) is 0 Å². The molecule has 2 unspecified atom stereocenters. The number of aryl methyl sites for hydroxylation is 1. The van der Waals surface area contributed by atoms with Gasteiger partial charge in [-0.25, -0.2) is 0 Å². The zero-order valence-corrected chi connectivity index (χ0v) is 27.0. The van der Waals surface area contributed by atoms with Crippen LogP contribution in [0.4, 0.5) is 11.4 Å². The molecule has 0 radical (unpaired) electrons. The first-order valence-corrected chi connectivity index (χ1v) is 15.9. The molecule has 5 rings (SSSR count). The van der Waals surface area contributed by atoms with Crippen molar-refractivity contribution in [3.63, 3.8) is 0 Å². The van der Waals surface area contributed by atoms with Crippen molar-refractivity contribution in [3.05, 3.63) is 78.4 Å². The number of nitrogens with zero attached hydrogens (tertiary/aromatic N) is 3. The van der Waals surface area contributed by atoms with Gasteiger partial charge in [-0.2, -0.15) is 0 Å². The summed E-state index contributed by atoms with van der Waals surface area (Å²) in [6.45, 7) is 14.3. The SMILES string of the molecule is C=CCN(C(=O)[C@@H]1[C@H]2C(=O)N(CCCO)C(C(=O)N(CC=C)c3c(C)cccc3Cl)C23CC[C@@]1(C)O3)c1ccc(OCC)cc1. The van der Waals surface area contributed by atoms with E-state index in [0.717, 1.165) is 5.56 Å². The lowest BCUT2D eigenvalue weighted by atomic mass is 9.66. The van der Waals surface area contributed by atoms with Gasteiger partial charge in [0.2, 0.25) is 11.8 Å². The summed E-state index contributed by atoms with van der Waals surface area (Å²) < 4.78 is 12.4. The summed E-state index contributed by atoms with van der Waals surface area (Å²) in [5.41, 5.74) is -0.216. The molecule has 5 atom stereocenters. The Labute approximate surface area is 270 Å². The molecule has 2 aromatic rings. The Morgan fingerprint density at radius 3 is 2.42 bits per heavy atom. The Hall–Kier alpha value is -3.66. The molecule has 3 aliphatic rings. The van der Waals surface area contributed by atoms with Crippen LogP contribution in [0, 0.1) is 18.8 Å². The first kappa shape index (κ1) is 32.7. The molecule has 3 heterocycles. The number of ether oxygens (including phenoxy) is 2. The van der Waals surface area contributed by atoms with Gasteiger partial charge in [-0.1, -0.05) is 35.9 Å². The molecular weight excluding hydrogens is 594 g/mol. The zero-order chi connectivity index (χ0) is 32.5. The number of rotatable bonds is 13. The van der Waals surface area contributed by atoms with Gasteiger partial charge in [-0.15, -0.1) is 13.2 Å². The van der Waals surface area contributed by atoms with Crippen molar-refractivity contribution in [2.45, 2.75) is 57.3 Å². The summed E-state index contributed by atoms with van der Waals surface area (Å²) in [4.78, 5) is 48.5. The average Bonchev–Trinajstić information content (AvgIpc) is 3.58. The lowest BCUT2D eigenvalue weighted by molar-refractivity contribution is -0.144. The molecule has 2 aromatic carbocycles. The van der Waals surface area contributed by atoms with E-state index in [2.05, 4.69) is 13.2 Å². The molecule has 1 spiro atoms. The van der Waals surface area contributed by atoms with Crippen molar-refractivity contribution < 1.29 is 29.0 Å². The first-order chi connectivity index (χ1) is 21.6. The highest BCUT2D eigenvalue weighted by Gasteiger charge is 2.78. The second-order valence-electron chi connectivity index (χ2n) is 12.1. The summed E-state index contributed by atoms with van der Waals surface area (Å²) >= 11 is 6.65. The number of likely N-dealkylation sites (tertiary alicyclic amines) is 1. The molecule has 0 saturated carbocycles. The minimum atomic E-state index is -1.23. The van der Waals surface area contributed by atoms with Crippen LogP contribution in [0.15, 0.2) is 67.8 Å². The van der Waals surface area contributed by atoms with Crippen molar-refractivity contribution >= 4 is 40.7 Å². The van der Waals surface area contributed by atoms with Crippen molar-refractivity contribution in [2.24, 2.45) is 11.8 Å². The maximum atomic E-state index is 14.8. The van der Waals surface area contributed by atoms with Gasteiger partial charge in [0.05, 0.1) is 34.8 Å². The zero-order valence-electron chi connectivity index (χ0n) is 26.2. The summed E-state index contributed by atoms with van der Waals surface area (Å²) in [7, 11) is 0. The van der Waals surface area contributed by atoms with Gasteiger partial charge < -0.3 is 29.3 Å². The van der Waals surface area contributed by atoms with Gasteiger partial charge in [0, 0.05) is 31.9 Å². The maximum absolute atomic E-state index is 14.8. The fraction of sp³-hybridized carbons (Fsp3) is 0.457. The second-order valence-corrected chi connectivity index (χ2v) is 12.6. The molecule has 9 nitrogen and oxygen atoms in total. The number of aliphatic hydroxyl groups is 1. The Balaban J connectivity index is 1.58. The molecule has 2 bridgehead atoms. The van der Waals surface area contributed by atoms with E-state index in [1.807, 2.05) is 45.0 Å². The number of halogens is 1. The van der Waals surface area contributed by atoms with Crippen LogP contribution in [0.2, 0.25) is 5.02 Å². The number of carbonyl (C=O) groups excluding carboxylic acids is 3. The quantitative estimate of drug-likeness (QED) is 0.313. The van der Waals surface area contributed by atoms with E-state index in [4.69, 9.17) is 21.1 Å². The number of benzene rings is 2. The van der Waals surface area contributed by atoms with Crippen LogP contribution in [-0.4, -0.2) is 77.8 Å². The summed E-state index contributed by atoms with van der Waals surface area (Å²) in [6.07, 6.45) is 4.48. The Bertz CT molecular complexity index is 1460. The van der Waals surface area contributed by atoms with E-state index in [-0.39, 0.29) is 50.4 Å². The van der Waals surface area contributed by atoms with Crippen LogP contribution in [0.1, 0.15) is 38.7 Å². The number of aliphatic hydroxyl groups excluding tert-OH is 1. The third-order valence-corrected chi connectivity index (χ3v) is 9.71. The van der Waals surface area contributed by atoms with Crippen LogP contribution in [0.25, 0.3) is 0 Å². The standard InChI is InChI=1S/C35H42ClN3O6/c1-6-19-37(24-13-15-25(16-14-24)44-8-3)31(41)27-28-32(42)39(21-10-22-40)30(35(28)18-17-34(27,5)45-35)33(43)38(20-7-2)29-23(4)11-9-12-26(29)36/h6-7,9,11-16,27-28,30,40H,1-2,8,10,17-22H2,3-5H3/t27-,28-,30?,34+,35?/m0/s1. The number of amides is 3. The second kappa shape index (κ2) is 13.0.